The lowest BCUT2D eigenvalue weighted by atomic mass is 10.3. The number of aromatic nitrogens is 2. The van der Waals surface area contributed by atoms with E-state index < -0.39 is 0 Å². The standard InChI is InChI=1S/C11H9BrN2S/c1-8-4-6-13-10(7-8)15-11-9(12)3-2-5-14-11/h2-7H,1H3. The molecule has 0 aliphatic heterocycles. The largest absolute Gasteiger partial charge is 0.250 e. The minimum absolute atomic E-state index is 0.940. The van der Waals surface area contributed by atoms with E-state index in [0.717, 1.165) is 14.5 Å². The molecular formula is C11H9BrN2S. The maximum Gasteiger partial charge on any atom is 0.116 e. The van der Waals surface area contributed by atoms with E-state index in [1.54, 1.807) is 18.0 Å². The summed E-state index contributed by atoms with van der Waals surface area (Å²) in [5, 5.41) is 1.91. The van der Waals surface area contributed by atoms with E-state index in [1.165, 1.54) is 5.56 Å². The van der Waals surface area contributed by atoms with Crippen LogP contribution in [0.2, 0.25) is 0 Å². The molecule has 15 heavy (non-hydrogen) atoms. The van der Waals surface area contributed by atoms with E-state index >= 15 is 0 Å². The van der Waals surface area contributed by atoms with Gasteiger partial charge in [-0.15, -0.1) is 0 Å². The van der Waals surface area contributed by atoms with Gasteiger partial charge in [-0.1, -0.05) is 0 Å². The van der Waals surface area contributed by atoms with Gasteiger partial charge in [-0.25, -0.2) is 9.97 Å². The van der Waals surface area contributed by atoms with Crippen molar-refractivity contribution in [1.29, 1.82) is 0 Å². The number of aryl methyl sites for hydroxylation is 1. The predicted molar refractivity (Wildman–Crippen MR) is 65.0 cm³/mol. The minimum atomic E-state index is 0.940. The van der Waals surface area contributed by atoms with E-state index in [1.807, 2.05) is 30.5 Å². The Kier molecular flexibility index (Phi) is 3.38. The zero-order valence-corrected chi connectivity index (χ0v) is 10.5. The molecule has 0 aromatic carbocycles. The second kappa shape index (κ2) is 4.77. The zero-order valence-electron chi connectivity index (χ0n) is 8.14. The highest BCUT2D eigenvalue weighted by Crippen LogP contribution is 2.30. The van der Waals surface area contributed by atoms with Crippen molar-refractivity contribution in [3.8, 4) is 0 Å². The monoisotopic (exact) mass is 280 g/mol. The smallest absolute Gasteiger partial charge is 0.116 e. The third-order valence-corrected chi connectivity index (χ3v) is 3.67. The molecular weight excluding hydrogens is 272 g/mol. The molecule has 0 aliphatic rings. The van der Waals surface area contributed by atoms with Crippen molar-refractivity contribution in [2.45, 2.75) is 17.0 Å². The fourth-order valence-electron chi connectivity index (χ4n) is 1.11. The first kappa shape index (κ1) is 10.6. The molecule has 0 saturated carbocycles. The summed E-state index contributed by atoms with van der Waals surface area (Å²) in [5.74, 6) is 0. The van der Waals surface area contributed by atoms with Crippen LogP contribution in [0.1, 0.15) is 5.56 Å². The molecule has 0 radical (unpaired) electrons. The molecule has 2 heterocycles. The Morgan fingerprint density at radius 3 is 2.80 bits per heavy atom. The number of hydrogen-bond donors (Lipinski definition) is 0. The van der Waals surface area contributed by atoms with Crippen LogP contribution in [0.25, 0.3) is 0 Å². The summed E-state index contributed by atoms with van der Waals surface area (Å²) >= 11 is 5.02. The normalized spacial score (nSPS) is 10.3. The summed E-state index contributed by atoms with van der Waals surface area (Å²) in [6, 6.07) is 7.91. The van der Waals surface area contributed by atoms with Crippen molar-refractivity contribution in [2.75, 3.05) is 0 Å². The van der Waals surface area contributed by atoms with Gasteiger partial charge in [0.05, 0.1) is 4.47 Å². The second-order valence-electron chi connectivity index (χ2n) is 3.06. The lowest BCUT2D eigenvalue weighted by Crippen LogP contribution is -1.84. The Bertz CT molecular complexity index is 474. The summed E-state index contributed by atoms with van der Waals surface area (Å²) in [5.41, 5.74) is 1.21. The highest BCUT2D eigenvalue weighted by Gasteiger charge is 2.03. The molecule has 0 amide bonds. The highest BCUT2D eigenvalue weighted by atomic mass is 79.9. The summed E-state index contributed by atoms with van der Waals surface area (Å²) in [7, 11) is 0. The van der Waals surface area contributed by atoms with Crippen LogP contribution in [-0.4, -0.2) is 9.97 Å². The average molecular weight is 281 g/mol. The third-order valence-electron chi connectivity index (χ3n) is 1.82. The Morgan fingerprint density at radius 1 is 1.20 bits per heavy atom. The quantitative estimate of drug-likeness (QED) is 0.839. The van der Waals surface area contributed by atoms with Gasteiger partial charge in [-0.2, -0.15) is 0 Å². The van der Waals surface area contributed by atoms with Gasteiger partial charge in [0.15, 0.2) is 0 Å². The van der Waals surface area contributed by atoms with Gasteiger partial charge in [0.25, 0.3) is 0 Å². The van der Waals surface area contributed by atoms with Crippen LogP contribution >= 0.6 is 27.7 Å². The maximum absolute atomic E-state index is 4.28. The van der Waals surface area contributed by atoms with Gasteiger partial charge in [0.2, 0.25) is 0 Å². The van der Waals surface area contributed by atoms with E-state index in [2.05, 4.69) is 32.8 Å². The van der Waals surface area contributed by atoms with Crippen LogP contribution in [0.4, 0.5) is 0 Å². The van der Waals surface area contributed by atoms with Gasteiger partial charge < -0.3 is 0 Å². The average Bonchev–Trinajstić information content (AvgIpc) is 2.22. The van der Waals surface area contributed by atoms with Crippen LogP contribution in [0, 0.1) is 6.92 Å². The van der Waals surface area contributed by atoms with Crippen LogP contribution in [0.15, 0.2) is 51.2 Å². The van der Waals surface area contributed by atoms with Gasteiger partial charge >= 0.3 is 0 Å². The molecule has 0 saturated heterocycles. The lowest BCUT2D eigenvalue weighted by molar-refractivity contribution is 1.07. The molecule has 4 heteroatoms. The summed E-state index contributed by atoms with van der Waals surface area (Å²) in [4.78, 5) is 8.56. The Morgan fingerprint density at radius 2 is 2.07 bits per heavy atom. The summed E-state index contributed by atoms with van der Waals surface area (Å²) in [6.07, 6.45) is 3.59. The zero-order chi connectivity index (χ0) is 10.7. The first-order chi connectivity index (χ1) is 7.25. The van der Waals surface area contributed by atoms with E-state index in [4.69, 9.17) is 0 Å². The maximum atomic E-state index is 4.28. The highest BCUT2D eigenvalue weighted by molar-refractivity contribution is 9.10. The molecule has 2 aromatic rings. The topological polar surface area (TPSA) is 25.8 Å². The molecule has 76 valence electrons. The van der Waals surface area contributed by atoms with E-state index in [9.17, 15) is 0 Å². The van der Waals surface area contributed by atoms with Gasteiger partial charge in [0, 0.05) is 12.4 Å². The fraction of sp³-hybridized carbons (Fsp3) is 0.0909. The van der Waals surface area contributed by atoms with Crippen LogP contribution < -0.4 is 0 Å². The number of rotatable bonds is 2. The first-order valence-corrected chi connectivity index (χ1v) is 6.08. The van der Waals surface area contributed by atoms with Gasteiger partial charge in [-0.3, -0.25) is 0 Å². The molecule has 0 atom stereocenters. The van der Waals surface area contributed by atoms with Crippen molar-refractivity contribution in [2.24, 2.45) is 0 Å². The Hall–Kier alpha value is -0.870. The first-order valence-electron chi connectivity index (χ1n) is 4.47. The van der Waals surface area contributed by atoms with Crippen molar-refractivity contribution in [1.82, 2.24) is 9.97 Å². The number of pyridine rings is 2. The molecule has 0 aliphatic carbocycles. The van der Waals surface area contributed by atoms with E-state index in [0.29, 0.717) is 0 Å². The minimum Gasteiger partial charge on any atom is -0.250 e. The molecule has 0 unspecified atom stereocenters. The number of nitrogens with zero attached hydrogens (tertiary/aromatic N) is 2. The van der Waals surface area contributed by atoms with Crippen molar-refractivity contribution < 1.29 is 0 Å². The molecule has 2 nitrogen and oxygen atoms in total. The van der Waals surface area contributed by atoms with Crippen molar-refractivity contribution in [3.63, 3.8) is 0 Å². The van der Waals surface area contributed by atoms with E-state index in [-0.39, 0.29) is 0 Å². The molecule has 0 bridgehead atoms. The molecule has 2 aromatic heterocycles. The van der Waals surface area contributed by atoms with Crippen molar-refractivity contribution >= 4 is 27.7 Å². The second-order valence-corrected chi connectivity index (χ2v) is 4.93. The summed E-state index contributed by atoms with van der Waals surface area (Å²) in [6.45, 7) is 2.05. The number of halogens is 1. The number of hydrogen-bond acceptors (Lipinski definition) is 3. The molecule has 0 N–H and O–H groups in total. The predicted octanol–water partition coefficient (Wildman–Crippen LogP) is 3.70. The Labute approximate surface area is 101 Å². The molecule has 0 spiro atoms. The van der Waals surface area contributed by atoms with Gasteiger partial charge in [-0.05, 0) is 64.4 Å². The molecule has 2 rings (SSSR count). The van der Waals surface area contributed by atoms with Crippen LogP contribution in [0.3, 0.4) is 0 Å². The SMILES string of the molecule is Cc1ccnc(Sc2ncccc2Br)c1. The van der Waals surface area contributed by atoms with Crippen molar-refractivity contribution in [3.05, 3.63) is 46.7 Å². The third kappa shape index (κ3) is 2.79. The lowest BCUT2D eigenvalue weighted by Gasteiger charge is -2.02. The van der Waals surface area contributed by atoms with Crippen LogP contribution in [-0.2, 0) is 0 Å². The van der Waals surface area contributed by atoms with Gasteiger partial charge in [0.1, 0.15) is 10.1 Å². The summed E-state index contributed by atoms with van der Waals surface area (Å²) < 4.78 is 0.998. The fourth-order valence-corrected chi connectivity index (χ4v) is 2.44. The Balaban J connectivity index is 2.26. The van der Waals surface area contributed by atoms with Crippen LogP contribution in [0.5, 0.6) is 0 Å². The molecule has 0 fully saturated rings.